The van der Waals surface area contributed by atoms with Crippen LogP contribution >= 0.6 is 35.0 Å². The SMILES string of the molecule is O=C(CSc1cc2ccccc2[nH]1)c1ccc(Cl)c(Cl)c1. The summed E-state index contributed by atoms with van der Waals surface area (Å²) in [5.41, 5.74) is 1.65. The fraction of sp³-hybridized carbons (Fsp3) is 0.0625. The van der Waals surface area contributed by atoms with E-state index in [1.807, 2.05) is 30.3 Å². The van der Waals surface area contributed by atoms with Gasteiger partial charge in [-0.2, -0.15) is 0 Å². The normalized spacial score (nSPS) is 11.0. The number of rotatable bonds is 4. The summed E-state index contributed by atoms with van der Waals surface area (Å²) in [5.74, 6) is 0.377. The third-order valence-electron chi connectivity index (χ3n) is 3.11. The van der Waals surface area contributed by atoms with E-state index in [4.69, 9.17) is 23.2 Å². The van der Waals surface area contributed by atoms with Gasteiger partial charge in [0.2, 0.25) is 0 Å². The third kappa shape index (κ3) is 3.26. The van der Waals surface area contributed by atoms with E-state index in [0.29, 0.717) is 21.4 Å². The lowest BCUT2D eigenvalue weighted by Gasteiger charge is -2.02. The van der Waals surface area contributed by atoms with Gasteiger partial charge in [-0.1, -0.05) is 41.4 Å². The van der Waals surface area contributed by atoms with Gasteiger partial charge in [0.1, 0.15) is 0 Å². The molecule has 106 valence electrons. The summed E-state index contributed by atoms with van der Waals surface area (Å²) in [6, 6.07) is 15.0. The summed E-state index contributed by atoms with van der Waals surface area (Å²) < 4.78 is 0. The zero-order valence-electron chi connectivity index (χ0n) is 10.9. The van der Waals surface area contributed by atoms with Crippen molar-refractivity contribution in [2.45, 2.75) is 5.03 Å². The van der Waals surface area contributed by atoms with E-state index in [9.17, 15) is 4.79 Å². The molecule has 1 aromatic heterocycles. The molecule has 2 nitrogen and oxygen atoms in total. The minimum Gasteiger partial charge on any atom is -0.350 e. The van der Waals surface area contributed by atoms with E-state index in [1.54, 1.807) is 18.2 Å². The fourth-order valence-electron chi connectivity index (χ4n) is 2.02. The smallest absolute Gasteiger partial charge is 0.173 e. The quantitative estimate of drug-likeness (QED) is 0.508. The fourth-order valence-corrected chi connectivity index (χ4v) is 3.16. The number of fused-ring (bicyclic) bond motifs is 1. The van der Waals surface area contributed by atoms with Crippen molar-refractivity contribution in [1.29, 1.82) is 0 Å². The van der Waals surface area contributed by atoms with Crippen LogP contribution in [0.3, 0.4) is 0 Å². The lowest BCUT2D eigenvalue weighted by Crippen LogP contribution is -2.02. The van der Waals surface area contributed by atoms with Crippen molar-refractivity contribution in [2.24, 2.45) is 0 Å². The van der Waals surface area contributed by atoms with Crippen LogP contribution in [0.5, 0.6) is 0 Å². The molecule has 0 spiro atoms. The lowest BCUT2D eigenvalue weighted by molar-refractivity contribution is 0.102. The second-order valence-electron chi connectivity index (χ2n) is 4.56. The van der Waals surface area contributed by atoms with Gasteiger partial charge < -0.3 is 4.98 Å². The first-order chi connectivity index (χ1) is 10.1. The number of hydrogen-bond donors (Lipinski definition) is 1. The predicted octanol–water partition coefficient (Wildman–Crippen LogP) is 5.45. The van der Waals surface area contributed by atoms with Gasteiger partial charge in [0.05, 0.1) is 20.8 Å². The molecule has 2 aromatic carbocycles. The van der Waals surface area contributed by atoms with Crippen molar-refractivity contribution in [3.8, 4) is 0 Å². The highest BCUT2D eigenvalue weighted by Gasteiger charge is 2.10. The highest BCUT2D eigenvalue weighted by molar-refractivity contribution is 8.00. The van der Waals surface area contributed by atoms with Gasteiger partial charge in [-0.15, -0.1) is 11.8 Å². The van der Waals surface area contributed by atoms with Crippen molar-refractivity contribution in [3.63, 3.8) is 0 Å². The number of Topliss-reactive ketones (excluding diaryl/α,β-unsaturated/α-hetero) is 1. The van der Waals surface area contributed by atoms with Crippen LogP contribution in [0.4, 0.5) is 0 Å². The predicted molar refractivity (Wildman–Crippen MR) is 89.8 cm³/mol. The zero-order valence-corrected chi connectivity index (χ0v) is 13.2. The van der Waals surface area contributed by atoms with Crippen LogP contribution in [0.1, 0.15) is 10.4 Å². The van der Waals surface area contributed by atoms with E-state index in [0.717, 1.165) is 15.9 Å². The number of para-hydroxylation sites is 1. The number of hydrogen-bond acceptors (Lipinski definition) is 2. The van der Waals surface area contributed by atoms with Gasteiger partial charge in [0, 0.05) is 16.5 Å². The molecule has 5 heteroatoms. The molecule has 3 aromatic rings. The first kappa shape index (κ1) is 14.5. The molecule has 0 fully saturated rings. The molecule has 3 rings (SSSR count). The highest BCUT2D eigenvalue weighted by atomic mass is 35.5. The number of aromatic amines is 1. The van der Waals surface area contributed by atoms with Crippen LogP contribution in [0.2, 0.25) is 10.0 Å². The molecular weight excluding hydrogens is 325 g/mol. The molecule has 0 bridgehead atoms. The van der Waals surface area contributed by atoms with Crippen LogP contribution in [0, 0.1) is 0 Å². The molecule has 0 unspecified atom stereocenters. The average Bonchev–Trinajstić information content (AvgIpc) is 2.90. The maximum atomic E-state index is 12.2. The van der Waals surface area contributed by atoms with Crippen LogP contribution in [0.15, 0.2) is 53.6 Å². The molecule has 0 aliphatic heterocycles. The van der Waals surface area contributed by atoms with E-state index in [-0.39, 0.29) is 5.78 Å². The largest absolute Gasteiger partial charge is 0.350 e. The maximum absolute atomic E-state index is 12.2. The van der Waals surface area contributed by atoms with E-state index in [1.165, 1.54) is 11.8 Å². The van der Waals surface area contributed by atoms with Crippen LogP contribution < -0.4 is 0 Å². The second kappa shape index (κ2) is 6.14. The summed E-state index contributed by atoms with van der Waals surface area (Å²) in [5, 5.41) is 2.97. The number of benzene rings is 2. The van der Waals surface area contributed by atoms with E-state index in [2.05, 4.69) is 4.98 Å². The van der Waals surface area contributed by atoms with Gasteiger partial charge in [0.25, 0.3) is 0 Å². The second-order valence-corrected chi connectivity index (χ2v) is 6.39. The minimum absolute atomic E-state index is 0.0252. The number of halogens is 2. The Balaban J connectivity index is 1.71. The molecule has 0 saturated heterocycles. The Labute approximate surface area is 136 Å². The first-order valence-electron chi connectivity index (χ1n) is 6.32. The average molecular weight is 336 g/mol. The van der Waals surface area contributed by atoms with Gasteiger partial charge in [0.15, 0.2) is 5.78 Å². The number of aromatic nitrogens is 1. The Hall–Kier alpha value is -1.42. The van der Waals surface area contributed by atoms with E-state index < -0.39 is 0 Å². The van der Waals surface area contributed by atoms with E-state index >= 15 is 0 Å². The molecule has 1 N–H and O–H groups in total. The standard InChI is InChI=1S/C16H11Cl2NOS/c17-12-6-5-11(7-13(12)18)15(20)9-21-16-8-10-3-1-2-4-14(10)19-16/h1-8,19H,9H2. The molecule has 0 atom stereocenters. The summed E-state index contributed by atoms with van der Waals surface area (Å²) in [7, 11) is 0. The van der Waals surface area contributed by atoms with Gasteiger partial charge in [-0.05, 0) is 30.3 Å². The number of H-pyrrole nitrogens is 1. The molecule has 0 aliphatic carbocycles. The number of carbonyl (C=O) groups excluding carboxylic acids is 1. The summed E-state index contributed by atoms with van der Waals surface area (Å²) in [4.78, 5) is 15.4. The molecular formula is C16H11Cl2NOS. The van der Waals surface area contributed by atoms with Crippen molar-refractivity contribution >= 4 is 51.6 Å². The van der Waals surface area contributed by atoms with Crippen molar-refractivity contribution in [1.82, 2.24) is 4.98 Å². The Bertz CT molecular complexity index is 780. The number of carbonyl (C=O) groups is 1. The van der Waals surface area contributed by atoms with Crippen LogP contribution in [-0.2, 0) is 0 Å². The molecule has 0 saturated carbocycles. The molecule has 0 radical (unpaired) electrons. The number of nitrogens with one attached hydrogen (secondary N) is 1. The summed E-state index contributed by atoms with van der Waals surface area (Å²) in [6.45, 7) is 0. The van der Waals surface area contributed by atoms with Gasteiger partial charge in [-0.3, -0.25) is 4.79 Å². The summed E-state index contributed by atoms with van der Waals surface area (Å²) >= 11 is 13.3. The highest BCUT2D eigenvalue weighted by Crippen LogP contribution is 2.26. The number of ketones is 1. The monoisotopic (exact) mass is 335 g/mol. The lowest BCUT2D eigenvalue weighted by atomic mass is 10.1. The zero-order chi connectivity index (χ0) is 14.8. The number of thioether (sulfide) groups is 1. The molecule has 0 aliphatic rings. The van der Waals surface area contributed by atoms with Crippen LogP contribution in [-0.4, -0.2) is 16.5 Å². The Morgan fingerprint density at radius 1 is 1.05 bits per heavy atom. The third-order valence-corrected chi connectivity index (χ3v) is 4.78. The molecule has 21 heavy (non-hydrogen) atoms. The topological polar surface area (TPSA) is 32.9 Å². The Morgan fingerprint density at radius 3 is 2.62 bits per heavy atom. The summed E-state index contributed by atoms with van der Waals surface area (Å²) in [6.07, 6.45) is 0. The van der Waals surface area contributed by atoms with Crippen molar-refractivity contribution in [2.75, 3.05) is 5.75 Å². The Morgan fingerprint density at radius 2 is 1.86 bits per heavy atom. The van der Waals surface area contributed by atoms with Crippen LogP contribution in [0.25, 0.3) is 10.9 Å². The molecule has 1 heterocycles. The first-order valence-corrected chi connectivity index (χ1v) is 8.06. The Kier molecular flexibility index (Phi) is 4.24. The van der Waals surface area contributed by atoms with Gasteiger partial charge >= 0.3 is 0 Å². The van der Waals surface area contributed by atoms with Crippen molar-refractivity contribution in [3.05, 3.63) is 64.1 Å². The molecule has 0 amide bonds. The minimum atomic E-state index is 0.0252. The van der Waals surface area contributed by atoms with Crippen molar-refractivity contribution < 1.29 is 4.79 Å². The maximum Gasteiger partial charge on any atom is 0.173 e. The van der Waals surface area contributed by atoms with Gasteiger partial charge in [-0.25, -0.2) is 0 Å².